The monoisotopic (exact) mass is 421 g/mol. The molecule has 2 aromatic rings. The Morgan fingerprint density at radius 1 is 0.968 bits per heavy atom. The molecule has 6 heteroatoms. The van der Waals surface area contributed by atoms with Crippen molar-refractivity contribution in [2.75, 3.05) is 26.2 Å². The molecule has 0 unspecified atom stereocenters. The van der Waals surface area contributed by atoms with Gasteiger partial charge in [-0.15, -0.1) is 0 Å². The highest BCUT2D eigenvalue weighted by Crippen LogP contribution is 2.27. The Labute approximate surface area is 184 Å². The normalized spacial score (nSPS) is 20.5. The summed E-state index contributed by atoms with van der Waals surface area (Å²) in [6.45, 7) is 3.79. The van der Waals surface area contributed by atoms with Crippen molar-refractivity contribution in [3.63, 3.8) is 0 Å². The molecular formula is C25H31N3O3. The van der Waals surface area contributed by atoms with E-state index in [-0.39, 0.29) is 22.4 Å². The van der Waals surface area contributed by atoms with Crippen molar-refractivity contribution in [1.29, 1.82) is 0 Å². The first kappa shape index (κ1) is 21.5. The summed E-state index contributed by atoms with van der Waals surface area (Å²) >= 11 is 0. The highest BCUT2D eigenvalue weighted by Gasteiger charge is 2.32. The van der Waals surface area contributed by atoms with Crippen LogP contribution in [0.2, 0.25) is 0 Å². The van der Waals surface area contributed by atoms with Gasteiger partial charge in [-0.1, -0.05) is 48.5 Å². The Balaban J connectivity index is 1.30. The molecule has 0 bridgehead atoms. The van der Waals surface area contributed by atoms with Gasteiger partial charge >= 0.3 is 0 Å². The van der Waals surface area contributed by atoms with Gasteiger partial charge in [-0.3, -0.25) is 19.8 Å². The highest BCUT2D eigenvalue weighted by molar-refractivity contribution is 5.79. The van der Waals surface area contributed by atoms with Crippen LogP contribution < -0.4 is 0 Å². The molecule has 31 heavy (non-hydrogen) atoms. The number of para-hydroxylation sites is 1. The summed E-state index contributed by atoms with van der Waals surface area (Å²) in [5.41, 5.74) is 2.27. The Hall–Kier alpha value is -2.73. The first-order valence-electron chi connectivity index (χ1n) is 11.4. The molecule has 0 aliphatic carbocycles. The summed E-state index contributed by atoms with van der Waals surface area (Å²) in [4.78, 5) is 28.4. The van der Waals surface area contributed by atoms with Crippen LogP contribution in [0.1, 0.15) is 36.8 Å². The molecular weight excluding hydrogens is 390 g/mol. The number of benzene rings is 2. The third-order valence-corrected chi connectivity index (χ3v) is 6.73. The van der Waals surface area contributed by atoms with Crippen molar-refractivity contribution in [2.24, 2.45) is 11.8 Å². The lowest BCUT2D eigenvalue weighted by molar-refractivity contribution is -0.385. The van der Waals surface area contributed by atoms with Gasteiger partial charge in [-0.25, -0.2) is 0 Å². The van der Waals surface area contributed by atoms with E-state index in [1.807, 2.05) is 18.2 Å². The quantitative estimate of drug-likeness (QED) is 0.516. The van der Waals surface area contributed by atoms with Crippen LogP contribution in [0.15, 0.2) is 54.6 Å². The average Bonchev–Trinajstić information content (AvgIpc) is 2.80. The van der Waals surface area contributed by atoms with Crippen molar-refractivity contribution in [2.45, 2.75) is 38.6 Å². The maximum atomic E-state index is 13.2. The van der Waals surface area contributed by atoms with Crippen molar-refractivity contribution in [3.05, 3.63) is 75.8 Å². The van der Waals surface area contributed by atoms with E-state index in [2.05, 4.69) is 34.1 Å². The van der Waals surface area contributed by atoms with Gasteiger partial charge < -0.3 is 4.90 Å². The second-order valence-corrected chi connectivity index (χ2v) is 8.92. The minimum absolute atomic E-state index is 0.00203. The number of hydrogen-bond donors (Lipinski definition) is 0. The molecule has 4 rings (SSSR count). The maximum absolute atomic E-state index is 13.2. The van der Waals surface area contributed by atoms with Gasteiger partial charge in [-0.2, -0.15) is 0 Å². The van der Waals surface area contributed by atoms with Crippen LogP contribution in [-0.2, 0) is 17.8 Å². The molecule has 6 nitrogen and oxygen atoms in total. The Kier molecular flexibility index (Phi) is 6.97. The van der Waals surface area contributed by atoms with Crippen LogP contribution in [0.5, 0.6) is 0 Å². The first-order chi connectivity index (χ1) is 15.1. The summed E-state index contributed by atoms with van der Waals surface area (Å²) in [6.07, 6.45) is 5.09. The van der Waals surface area contributed by atoms with E-state index in [9.17, 15) is 14.9 Å². The maximum Gasteiger partial charge on any atom is 0.273 e. The van der Waals surface area contributed by atoms with E-state index in [1.54, 1.807) is 12.1 Å². The summed E-state index contributed by atoms with van der Waals surface area (Å²) in [7, 11) is 0. The number of amides is 1. The van der Waals surface area contributed by atoms with Gasteiger partial charge in [0.05, 0.1) is 10.8 Å². The van der Waals surface area contributed by atoms with Gasteiger partial charge in [0.25, 0.3) is 5.69 Å². The number of hydrogen-bond acceptors (Lipinski definition) is 4. The lowest BCUT2D eigenvalue weighted by Crippen LogP contribution is -2.47. The number of carbonyl (C=O) groups excluding carboxylic acids is 1. The van der Waals surface area contributed by atoms with E-state index in [1.165, 1.54) is 5.56 Å². The van der Waals surface area contributed by atoms with Crippen LogP contribution in [0.4, 0.5) is 5.69 Å². The van der Waals surface area contributed by atoms with Crippen LogP contribution in [0.3, 0.4) is 0 Å². The standard InChI is InChI=1S/C25H31N3O3/c29-25(27-15-12-21(13-16-27)17-20-7-2-1-3-8-20)23-10-6-14-26(19-23)18-22-9-4-5-11-24(22)28(30)31/h1-5,7-9,11,21,23H,6,10,12-19H2/t23-/m0/s1. The number of carbonyl (C=O) groups is 1. The third kappa shape index (κ3) is 5.50. The molecule has 1 atom stereocenters. The molecule has 2 aliphatic rings. The van der Waals surface area contributed by atoms with Gasteiger partial charge in [0.1, 0.15) is 0 Å². The van der Waals surface area contributed by atoms with Crippen LogP contribution in [0.25, 0.3) is 0 Å². The smallest absolute Gasteiger partial charge is 0.273 e. The molecule has 0 N–H and O–H groups in total. The van der Waals surface area contributed by atoms with Crippen molar-refractivity contribution in [1.82, 2.24) is 9.80 Å². The molecule has 164 valence electrons. The SMILES string of the molecule is O=C([C@H]1CCCN(Cc2ccccc2[N+](=O)[O-])C1)N1CCC(Cc2ccccc2)CC1. The van der Waals surface area contributed by atoms with E-state index in [0.29, 0.717) is 19.0 Å². The Bertz CT molecular complexity index is 894. The van der Waals surface area contributed by atoms with E-state index >= 15 is 0 Å². The molecule has 2 saturated heterocycles. The molecule has 2 aromatic carbocycles. The molecule has 0 radical (unpaired) electrons. The minimum atomic E-state index is -0.318. The fourth-order valence-electron chi connectivity index (χ4n) is 5.03. The number of piperidine rings is 2. The largest absolute Gasteiger partial charge is 0.342 e. The van der Waals surface area contributed by atoms with Crippen LogP contribution >= 0.6 is 0 Å². The molecule has 0 spiro atoms. The molecule has 0 aromatic heterocycles. The fourth-order valence-corrected chi connectivity index (χ4v) is 5.03. The van der Waals surface area contributed by atoms with Crippen molar-refractivity contribution >= 4 is 11.6 Å². The topological polar surface area (TPSA) is 66.7 Å². The highest BCUT2D eigenvalue weighted by atomic mass is 16.6. The Morgan fingerprint density at radius 3 is 2.42 bits per heavy atom. The van der Waals surface area contributed by atoms with Gasteiger partial charge in [0.15, 0.2) is 0 Å². The first-order valence-corrected chi connectivity index (χ1v) is 11.4. The summed E-state index contributed by atoms with van der Waals surface area (Å²) in [5.74, 6) is 0.917. The van der Waals surface area contributed by atoms with Gasteiger partial charge in [0, 0.05) is 37.8 Å². The Morgan fingerprint density at radius 2 is 1.68 bits per heavy atom. The zero-order valence-electron chi connectivity index (χ0n) is 18.0. The molecule has 2 heterocycles. The number of likely N-dealkylation sites (tertiary alicyclic amines) is 2. The lowest BCUT2D eigenvalue weighted by atomic mass is 9.89. The third-order valence-electron chi connectivity index (χ3n) is 6.73. The minimum Gasteiger partial charge on any atom is -0.342 e. The average molecular weight is 422 g/mol. The summed E-state index contributed by atoms with van der Waals surface area (Å²) < 4.78 is 0. The van der Waals surface area contributed by atoms with Gasteiger partial charge in [0.2, 0.25) is 5.91 Å². The predicted molar refractivity (Wildman–Crippen MR) is 121 cm³/mol. The summed E-state index contributed by atoms with van der Waals surface area (Å²) in [6, 6.07) is 17.5. The zero-order valence-corrected chi connectivity index (χ0v) is 18.0. The zero-order chi connectivity index (χ0) is 21.6. The van der Waals surface area contributed by atoms with E-state index in [0.717, 1.165) is 57.3 Å². The van der Waals surface area contributed by atoms with E-state index in [4.69, 9.17) is 0 Å². The second-order valence-electron chi connectivity index (χ2n) is 8.92. The van der Waals surface area contributed by atoms with Crippen LogP contribution in [0, 0.1) is 22.0 Å². The predicted octanol–water partition coefficient (Wildman–Crippen LogP) is 4.29. The number of nitro groups is 1. The van der Waals surface area contributed by atoms with Gasteiger partial charge in [-0.05, 0) is 50.1 Å². The molecule has 2 aliphatic heterocycles. The van der Waals surface area contributed by atoms with Crippen LogP contribution in [-0.4, -0.2) is 46.8 Å². The molecule has 2 fully saturated rings. The number of nitrogens with zero attached hydrogens (tertiary/aromatic N) is 3. The fraction of sp³-hybridized carbons (Fsp3) is 0.480. The summed E-state index contributed by atoms with van der Waals surface area (Å²) in [5, 5.41) is 11.3. The van der Waals surface area contributed by atoms with E-state index < -0.39 is 0 Å². The second kappa shape index (κ2) is 10.1. The molecule has 0 saturated carbocycles. The van der Waals surface area contributed by atoms with Crippen molar-refractivity contribution < 1.29 is 9.72 Å². The van der Waals surface area contributed by atoms with Crippen molar-refractivity contribution in [3.8, 4) is 0 Å². The molecule has 1 amide bonds. The number of rotatable bonds is 6. The number of nitro benzene ring substituents is 1. The lowest BCUT2D eigenvalue weighted by Gasteiger charge is -2.38.